The zero-order valence-corrected chi connectivity index (χ0v) is 15.8. The van der Waals surface area contributed by atoms with Gasteiger partial charge in [0.2, 0.25) is 15.9 Å². The molecule has 3 N–H and O–H groups in total. The summed E-state index contributed by atoms with van der Waals surface area (Å²) in [5.41, 5.74) is 2.41. The Bertz CT molecular complexity index is 873. The number of carbonyl (C=O) groups is 1. The molecule has 1 amide bonds. The maximum Gasteiger partial charge on any atom is 0.249 e. The fourth-order valence-corrected chi connectivity index (χ4v) is 4.00. The van der Waals surface area contributed by atoms with Crippen LogP contribution in [0.1, 0.15) is 5.56 Å². The SMILES string of the molecule is NNC(=O)CN(Cc1ccc(Cl)cc1Cl)S(=O)(=O)c1ccc(Cl)cc1. The van der Waals surface area contributed by atoms with Crippen molar-refractivity contribution in [1.29, 1.82) is 0 Å². The third kappa shape index (κ3) is 5.07. The first-order valence-corrected chi connectivity index (χ1v) is 9.50. The molecule has 0 saturated heterocycles. The molecule has 0 radical (unpaired) electrons. The van der Waals surface area contributed by atoms with E-state index in [1.165, 1.54) is 30.3 Å². The van der Waals surface area contributed by atoms with Crippen LogP contribution >= 0.6 is 34.8 Å². The van der Waals surface area contributed by atoms with Gasteiger partial charge in [0.05, 0.1) is 11.4 Å². The van der Waals surface area contributed by atoms with E-state index in [-0.39, 0.29) is 16.5 Å². The number of nitrogens with zero attached hydrogens (tertiary/aromatic N) is 1. The Labute approximate surface area is 160 Å². The third-order valence-electron chi connectivity index (χ3n) is 3.29. The van der Waals surface area contributed by atoms with Crippen LogP contribution in [0.4, 0.5) is 0 Å². The van der Waals surface area contributed by atoms with Gasteiger partial charge < -0.3 is 0 Å². The molecule has 134 valence electrons. The Hall–Kier alpha value is -1.35. The lowest BCUT2D eigenvalue weighted by molar-refractivity contribution is -0.121. The smallest absolute Gasteiger partial charge is 0.249 e. The molecule has 0 atom stereocenters. The van der Waals surface area contributed by atoms with Crippen LogP contribution in [0.2, 0.25) is 15.1 Å². The Morgan fingerprint density at radius 3 is 2.20 bits per heavy atom. The molecule has 0 aliphatic rings. The fourth-order valence-electron chi connectivity index (χ4n) is 2.03. The van der Waals surface area contributed by atoms with E-state index < -0.39 is 22.5 Å². The van der Waals surface area contributed by atoms with Crippen molar-refractivity contribution in [2.45, 2.75) is 11.4 Å². The summed E-state index contributed by atoms with van der Waals surface area (Å²) < 4.78 is 26.7. The van der Waals surface area contributed by atoms with Crippen LogP contribution < -0.4 is 11.3 Å². The molecule has 0 fully saturated rings. The highest BCUT2D eigenvalue weighted by Crippen LogP contribution is 2.25. The molecule has 0 bridgehead atoms. The van der Waals surface area contributed by atoms with Crippen LogP contribution in [0.5, 0.6) is 0 Å². The molecular formula is C15H14Cl3N3O3S. The second-order valence-electron chi connectivity index (χ2n) is 5.03. The average molecular weight is 423 g/mol. The lowest BCUT2D eigenvalue weighted by Gasteiger charge is -2.22. The van der Waals surface area contributed by atoms with Crippen molar-refractivity contribution in [2.24, 2.45) is 5.84 Å². The summed E-state index contributed by atoms with van der Waals surface area (Å²) in [6, 6.07) is 10.3. The predicted octanol–water partition coefficient (Wildman–Crippen LogP) is 2.83. The molecular weight excluding hydrogens is 409 g/mol. The number of nitrogens with one attached hydrogen (secondary N) is 1. The number of rotatable bonds is 6. The summed E-state index contributed by atoms with van der Waals surface area (Å²) in [5.74, 6) is 4.42. The largest absolute Gasteiger partial charge is 0.293 e. The lowest BCUT2D eigenvalue weighted by Crippen LogP contribution is -2.42. The first kappa shape index (κ1) is 20.0. The van der Waals surface area contributed by atoms with E-state index in [1.54, 1.807) is 12.1 Å². The minimum atomic E-state index is -3.98. The Morgan fingerprint density at radius 1 is 1.04 bits per heavy atom. The minimum Gasteiger partial charge on any atom is -0.293 e. The first-order chi connectivity index (χ1) is 11.7. The van der Waals surface area contributed by atoms with E-state index >= 15 is 0 Å². The summed E-state index contributed by atoms with van der Waals surface area (Å²) in [5, 5.41) is 1.10. The van der Waals surface area contributed by atoms with Crippen molar-refractivity contribution < 1.29 is 13.2 Å². The van der Waals surface area contributed by atoms with Crippen LogP contribution in [-0.2, 0) is 21.4 Å². The maximum absolute atomic E-state index is 12.9. The Kier molecular flexibility index (Phi) is 6.67. The van der Waals surface area contributed by atoms with Gasteiger partial charge in [0, 0.05) is 21.6 Å². The van der Waals surface area contributed by atoms with E-state index in [2.05, 4.69) is 0 Å². The second kappa shape index (κ2) is 8.35. The highest BCUT2D eigenvalue weighted by atomic mass is 35.5. The first-order valence-electron chi connectivity index (χ1n) is 6.93. The van der Waals surface area contributed by atoms with Crippen molar-refractivity contribution >= 4 is 50.7 Å². The second-order valence-corrected chi connectivity index (χ2v) is 8.25. The van der Waals surface area contributed by atoms with Gasteiger partial charge in [-0.15, -0.1) is 0 Å². The number of carbonyl (C=O) groups excluding carboxylic acids is 1. The predicted molar refractivity (Wildman–Crippen MR) is 97.8 cm³/mol. The zero-order chi connectivity index (χ0) is 18.6. The number of amides is 1. The summed E-state index contributed by atoms with van der Waals surface area (Å²) in [7, 11) is -3.98. The van der Waals surface area contributed by atoms with Crippen LogP contribution in [0.15, 0.2) is 47.4 Å². The lowest BCUT2D eigenvalue weighted by atomic mass is 10.2. The molecule has 2 aromatic rings. The molecule has 0 heterocycles. The molecule has 25 heavy (non-hydrogen) atoms. The number of hydrazine groups is 1. The zero-order valence-electron chi connectivity index (χ0n) is 12.7. The molecule has 6 nitrogen and oxygen atoms in total. The number of hydrogen-bond donors (Lipinski definition) is 2. The molecule has 0 spiro atoms. The van der Waals surface area contributed by atoms with Crippen molar-refractivity contribution in [3.63, 3.8) is 0 Å². The van der Waals surface area contributed by atoms with Crippen LogP contribution in [0.25, 0.3) is 0 Å². The van der Waals surface area contributed by atoms with Gasteiger partial charge >= 0.3 is 0 Å². The van der Waals surface area contributed by atoms with Crippen molar-refractivity contribution in [3.05, 3.63) is 63.1 Å². The molecule has 0 aromatic heterocycles. The Balaban J connectivity index is 2.40. The molecule has 0 unspecified atom stereocenters. The van der Waals surface area contributed by atoms with E-state index in [0.717, 1.165) is 4.31 Å². The molecule has 2 aromatic carbocycles. The monoisotopic (exact) mass is 421 g/mol. The van der Waals surface area contributed by atoms with Gasteiger partial charge in [-0.1, -0.05) is 40.9 Å². The van der Waals surface area contributed by atoms with Crippen LogP contribution in [0, 0.1) is 0 Å². The standard InChI is InChI=1S/C15H14Cl3N3O3S/c16-11-3-5-13(6-4-11)25(23,24)21(9-15(22)20-19)8-10-1-2-12(17)7-14(10)18/h1-7H,8-9,19H2,(H,20,22). The topological polar surface area (TPSA) is 92.5 Å². The van der Waals surface area contributed by atoms with E-state index in [0.29, 0.717) is 15.6 Å². The quantitative estimate of drug-likeness (QED) is 0.425. The van der Waals surface area contributed by atoms with Gasteiger partial charge in [-0.2, -0.15) is 4.31 Å². The summed E-state index contributed by atoms with van der Waals surface area (Å²) in [4.78, 5) is 11.7. The Morgan fingerprint density at radius 2 is 1.64 bits per heavy atom. The number of halogens is 3. The van der Waals surface area contributed by atoms with Crippen molar-refractivity contribution in [2.75, 3.05) is 6.54 Å². The van der Waals surface area contributed by atoms with Gasteiger partial charge in [-0.25, -0.2) is 14.3 Å². The van der Waals surface area contributed by atoms with Gasteiger partial charge in [-0.3, -0.25) is 10.2 Å². The van der Waals surface area contributed by atoms with Crippen molar-refractivity contribution in [1.82, 2.24) is 9.73 Å². The van der Waals surface area contributed by atoms with Gasteiger partial charge in [-0.05, 0) is 42.0 Å². The van der Waals surface area contributed by atoms with Crippen LogP contribution in [0.3, 0.4) is 0 Å². The number of hydrogen-bond acceptors (Lipinski definition) is 4. The summed E-state index contributed by atoms with van der Waals surface area (Å²) >= 11 is 17.8. The van der Waals surface area contributed by atoms with Gasteiger partial charge in [0.25, 0.3) is 0 Å². The van der Waals surface area contributed by atoms with Gasteiger partial charge in [0.1, 0.15) is 0 Å². The number of nitrogens with two attached hydrogens (primary N) is 1. The van der Waals surface area contributed by atoms with E-state index in [9.17, 15) is 13.2 Å². The molecule has 0 saturated carbocycles. The van der Waals surface area contributed by atoms with Gasteiger partial charge in [0.15, 0.2) is 0 Å². The molecule has 0 aliphatic carbocycles. The normalized spacial score (nSPS) is 11.6. The highest BCUT2D eigenvalue weighted by molar-refractivity contribution is 7.89. The molecule has 10 heteroatoms. The number of sulfonamides is 1. The third-order valence-corrected chi connectivity index (χ3v) is 5.94. The molecule has 2 rings (SSSR count). The fraction of sp³-hybridized carbons (Fsp3) is 0.133. The van der Waals surface area contributed by atoms with E-state index in [4.69, 9.17) is 40.6 Å². The summed E-state index contributed by atoms with van der Waals surface area (Å²) in [6.07, 6.45) is 0. The van der Waals surface area contributed by atoms with E-state index in [1.807, 2.05) is 5.43 Å². The number of benzene rings is 2. The maximum atomic E-state index is 12.9. The highest BCUT2D eigenvalue weighted by Gasteiger charge is 2.27. The summed E-state index contributed by atoms with van der Waals surface area (Å²) in [6.45, 7) is -0.602. The minimum absolute atomic E-state index is 0.00759. The average Bonchev–Trinajstić information content (AvgIpc) is 2.56. The van der Waals surface area contributed by atoms with Crippen molar-refractivity contribution in [3.8, 4) is 0 Å². The van der Waals surface area contributed by atoms with Crippen LogP contribution in [-0.4, -0.2) is 25.2 Å². The molecule has 0 aliphatic heterocycles.